The third-order valence-electron chi connectivity index (χ3n) is 5.63. The van der Waals surface area contributed by atoms with E-state index >= 15 is 0 Å². The Balaban J connectivity index is 1.43. The molecule has 2 heterocycles. The summed E-state index contributed by atoms with van der Waals surface area (Å²) in [5.41, 5.74) is 2.39. The molecule has 2 aliphatic rings. The van der Waals surface area contributed by atoms with Crippen molar-refractivity contribution in [3.63, 3.8) is 0 Å². The first-order valence-electron chi connectivity index (χ1n) is 10.5. The molecule has 30 heavy (non-hydrogen) atoms. The average molecular weight is 433 g/mol. The average Bonchev–Trinajstić information content (AvgIpc) is 3.30. The van der Waals surface area contributed by atoms with Crippen LogP contribution in [0.15, 0.2) is 29.2 Å². The van der Waals surface area contributed by atoms with Crippen molar-refractivity contribution >= 4 is 27.4 Å². The molecule has 4 rings (SSSR count). The monoisotopic (exact) mass is 432 g/mol. The van der Waals surface area contributed by atoms with E-state index in [1.165, 1.54) is 0 Å². The van der Waals surface area contributed by atoms with Crippen LogP contribution in [0.25, 0.3) is 0 Å². The van der Waals surface area contributed by atoms with Gasteiger partial charge in [0.05, 0.1) is 16.3 Å². The van der Waals surface area contributed by atoms with Crippen molar-refractivity contribution in [2.24, 2.45) is 0 Å². The van der Waals surface area contributed by atoms with Crippen LogP contribution in [0.1, 0.15) is 56.7 Å². The number of benzene rings is 1. The predicted molar refractivity (Wildman–Crippen MR) is 114 cm³/mol. The van der Waals surface area contributed by atoms with E-state index in [-0.39, 0.29) is 29.9 Å². The van der Waals surface area contributed by atoms with E-state index in [1.807, 2.05) is 32.0 Å². The first-order valence-corrected chi connectivity index (χ1v) is 12.1. The molecule has 2 aromatic rings. The highest BCUT2D eigenvalue weighted by molar-refractivity contribution is 7.91. The fourth-order valence-corrected chi connectivity index (χ4v) is 6.05. The fraction of sp³-hybridized carbons (Fsp3) is 0.524. The van der Waals surface area contributed by atoms with Crippen LogP contribution in [0.4, 0.5) is 16.3 Å². The number of nitrogens with zero attached hydrogens (tertiary/aromatic N) is 1. The number of sulfone groups is 1. The maximum absolute atomic E-state index is 12.6. The number of aromatic nitrogens is 2. The van der Waals surface area contributed by atoms with Gasteiger partial charge < -0.3 is 15.4 Å². The van der Waals surface area contributed by atoms with Crippen LogP contribution < -0.4 is 10.6 Å². The summed E-state index contributed by atoms with van der Waals surface area (Å²) in [6.07, 6.45) is 3.38. The van der Waals surface area contributed by atoms with Crippen LogP contribution in [0.3, 0.4) is 0 Å². The Hall–Kier alpha value is -2.55. The summed E-state index contributed by atoms with van der Waals surface area (Å²) in [4.78, 5) is 12.2. The zero-order chi connectivity index (χ0) is 21.3. The second-order valence-electron chi connectivity index (χ2n) is 8.39. The van der Waals surface area contributed by atoms with Crippen LogP contribution in [-0.2, 0) is 21.0 Å². The second-order valence-corrected chi connectivity index (χ2v) is 10.4. The highest BCUT2D eigenvalue weighted by Crippen LogP contribution is 2.37. The molecule has 1 aromatic carbocycles. The second kappa shape index (κ2) is 8.29. The molecule has 0 bridgehead atoms. The Morgan fingerprint density at radius 1 is 1.30 bits per heavy atom. The maximum Gasteiger partial charge on any atom is 0.407 e. The summed E-state index contributed by atoms with van der Waals surface area (Å²) in [6, 6.07) is 7.49. The Bertz CT molecular complexity index is 1030. The number of aryl methyl sites for hydroxylation is 1. The number of aromatic amines is 1. The van der Waals surface area contributed by atoms with Gasteiger partial charge in [0.1, 0.15) is 6.10 Å². The van der Waals surface area contributed by atoms with Gasteiger partial charge in [0.25, 0.3) is 0 Å². The lowest BCUT2D eigenvalue weighted by atomic mass is 10.0. The molecule has 162 valence electrons. The van der Waals surface area contributed by atoms with Gasteiger partial charge >= 0.3 is 6.09 Å². The first-order chi connectivity index (χ1) is 14.3. The summed E-state index contributed by atoms with van der Waals surface area (Å²) in [6.45, 7) is 3.79. The number of nitrogens with one attached hydrogen (secondary N) is 3. The highest BCUT2D eigenvalue weighted by atomic mass is 32.2. The normalized spacial score (nSPS) is 22.5. The zero-order valence-electron chi connectivity index (χ0n) is 17.3. The van der Waals surface area contributed by atoms with Crippen LogP contribution in [0, 0.1) is 0 Å². The SMILES string of the molecule is CC(C)NC(=O)O[C@@H]1CC[C@H](c2cc(Nc3cccc4c3S(=O)(=O)CCC4)n[nH]2)C1. The largest absolute Gasteiger partial charge is 0.446 e. The van der Waals surface area contributed by atoms with Crippen molar-refractivity contribution in [2.75, 3.05) is 11.1 Å². The minimum Gasteiger partial charge on any atom is -0.446 e. The number of fused-ring (bicyclic) bond motifs is 1. The highest BCUT2D eigenvalue weighted by Gasteiger charge is 2.31. The Labute approximate surface area is 176 Å². The molecule has 1 aliphatic carbocycles. The molecule has 1 aromatic heterocycles. The van der Waals surface area contributed by atoms with Gasteiger partial charge in [0.2, 0.25) is 0 Å². The fourth-order valence-electron chi connectivity index (χ4n) is 4.30. The van der Waals surface area contributed by atoms with Gasteiger partial charge in [-0.25, -0.2) is 13.2 Å². The number of H-pyrrole nitrogens is 1. The van der Waals surface area contributed by atoms with Gasteiger partial charge in [-0.3, -0.25) is 5.10 Å². The third kappa shape index (κ3) is 4.45. The number of ether oxygens (including phenoxy) is 1. The van der Waals surface area contributed by atoms with Crippen molar-refractivity contribution in [2.45, 2.75) is 68.9 Å². The molecule has 2 atom stereocenters. The van der Waals surface area contributed by atoms with Crippen molar-refractivity contribution in [1.29, 1.82) is 0 Å². The number of rotatable bonds is 5. The summed E-state index contributed by atoms with van der Waals surface area (Å²) in [5.74, 6) is 0.984. The number of anilines is 2. The van der Waals surface area contributed by atoms with E-state index in [9.17, 15) is 13.2 Å². The van der Waals surface area contributed by atoms with Crippen molar-refractivity contribution < 1.29 is 17.9 Å². The molecule has 1 saturated carbocycles. The summed E-state index contributed by atoms with van der Waals surface area (Å²) < 4.78 is 30.6. The Morgan fingerprint density at radius 2 is 2.13 bits per heavy atom. The maximum atomic E-state index is 12.6. The van der Waals surface area contributed by atoms with E-state index in [2.05, 4.69) is 20.8 Å². The lowest BCUT2D eigenvalue weighted by Gasteiger charge is -2.19. The van der Waals surface area contributed by atoms with Crippen molar-refractivity contribution in [3.8, 4) is 0 Å². The molecule has 1 amide bonds. The van der Waals surface area contributed by atoms with Gasteiger partial charge in [-0.2, -0.15) is 5.10 Å². The van der Waals surface area contributed by atoms with Crippen LogP contribution in [-0.4, -0.2) is 42.6 Å². The molecular formula is C21H28N4O4S. The zero-order valence-corrected chi connectivity index (χ0v) is 18.1. The number of alkyl carbamates (subject to hydrolysis) is 1. The van der Waals surface area contributed by atoms with E-state index in [0.29, 0.717) is 22.8 Å². The summed E-state index contributed by atoms with van der Waals surface area (Å²) in [5, 5.41) is 13.3. The quantitative estimate of drug-likeness (QED) is 0.665. The molecule has 0 saturated heterocycles. The van der Waals surface area contributed by atoms with E-state index in [0.717, 1.165) is 36.9 Å². The van der Waals surface area contributed by atoms with E-state index in [4.69, 9.17) is 4.74 Å². The summed E-state index contributed by atoms with van der Waals surface area (Å²) >= 11 is 0. The van der Waals surface area contributed by atoms with Gasteiger partial charge in [-0.1, -0.05) is 12.1 Å². The molecule has 1 fully saturated rings. The molecule has 0 spiro atoms. The lowest BCUT2D eigenvalue weighted by molar-refractivity contribution is 0.0981. The molecule has 0 radical (unpaired) electrons. The molecular weight excluding hydrogens is 404 g/mol. The molecule has 1 aliphatic heterocycles. The van der Waals surface area contributed by atoms with Crippen LogP contribution in [0.5, 0.6) is 0 Å². The standard InChI is InChI=1S/C21H28N4O4S/c1-13(2)22-21(26)29-16-9-8-15(11-16)18-12-19(25-24-18)23-17-7-3-5-14-6-4-10-30(27,28)20(14)17/h3,5,7,12-13,15-16H,4,6,8-11H2,1-2H3,(H,22,26)(H2,23,24,25)/t15-,16+/m0/s1. The molecule has 3 N–H and O–H groups in total. The molecule has 9 heteroatoms. The number of carbonyl (C=O) groups is 1. The van der Waals surface area contributed by atoms with E-state index in [1.54, 1.807) is 6.07 Å². The minimum atomic E-state index is -3.28. The van der Waals surface area contributed by atoms with Gasteiger partial charge in [-0.15, -0.1) is 0 Å². The van der Waals surface area contributed by atoms with Gasteiger partial charge in [-0.05, 0) is 57.6 Å². The molecule has 0 unspecified atom stereocenters. The van der Waals surface area contributed by atoms with Gasteiger partial charge in [0.15, 0.2) is 15.7 Å². The van der Waals surface area contributed by atoms with Crippen LogP contribution in [0.2, 0.25) is 0 Å². The van der Waals surface area contributed by atoms with Crippen molar-refractivity contribution in [1.82, 2.24) is 15.5 Å². The molecule has 8 nitrogen and oxygen atoms in total. The lowest BCUT2D eigenvalue weighted by Crippen LogP contribution is -2.33. The topological polar surface area (TPSA) is 113 Å². The van der Waals surface area contributed by atoms with Gasteiger partial charge in [0, 0.05) is 23.7 Å². The predicted octanol–water partition coefficient (Wildman–Crippen LogP) is 3.64. The first kappa shape index (κ1) is 20.7. The summed E-state index contributed by atoms with van der Waals surface area (Å²) in [7, 11) is -3.28. The van der Waals surface area contributed by atoms with Crippen LogP contribution >= 0.6 is 0 Å². The Morgan fingerprint density at radius 3 is 2.93 bits per heavy atom. The number of carbonyl (C=O) groups excluding carboxylic acids is 1. The third-order valence-corrected chi connectivity index (χ3v) is 7.56. The number of hydrogen-bond donors (Lipinski definition) is 3. The smallest absolute Gasteiger partial charge is 0.407 e. The van der Waals surface area contributed by atoms with E-state index < -0.39 is 9.84 Å². The minimum absolute atomic E-state index is 0.0449. The number of hydrogen-bond acceptors (Lipinski definition) is 6. The van der Waals surface area contributed by atoms with Crippen molar-refractivity contribution in [3.05, 3.63) is 35.5 Å². The Kier molecular flexibility index (Phi) is 5.73. The number of amides is 1.